The van der Waals surface area contributed by atoms with Gasteiger partial charge in [-0.2, -0.15) is 0 Å². The molecule has 2 aromatic heterocycles. The van der Waals surface area contributed by atoms with Crippen LogP contribution in [0.3, 0.4) is 0 Å². The van der Waals surface area contributed by atoms with Crippen LogP contribution in [0, 0.1) is 6.92 Å². The predicted octanol–water partition coefficient (Wildman–Crippen LogP) is 3.19. The number of hydrogen-bond acceptors (Lipinski definition) is 6. The normalized spacial score (nSPS) is 11.4. The number of aromatic nitrogens is 3. The average Bonchev–Trinajstić information content (AvgIpc) is 2.89. The smallest absolute Gasteiger partial charge is 0.138 e. The molecule has 2 heterocycles. The van der Waals surface area contributed by atoms with Gasteiger partial charge in [0.1, 0.15) is 17.5 Å². The van der Waals surface area contributed by atoms with E-state index in [9.17, 15) is 0 Å². The Morgan fingerprint density at radius 2 is 1.90 bits per heavy atom. The molecule has 0 saturated heterocycles. The van der Waals surface area contributed by atoms with Crippen molar-refractivity contribution in [2.24, 2.45) is 0 Å². The third kappa shape index (κ3) is 3.25. The number of rotatable bonds is 4. The summed E-state index contributed by atoms with van der Waals surface area (Å²) in [5, 5.41) is 6.52. The van der Waals surface area contributed by atoms with Crippen molar-refractivity contribution in [1.29, 1.82) is 0 Å². The van der Waals surface area contributed by atoms with Crippen molar-refractivity contribution in [2.45, 2.75) is 39.7 Å². The van der Waals surface area contributed by atoms with E-state index in [-0.39, 0.29) is 5.41 Å². The van der Waals surface area contributed by atoms with Crippen molar-refractivity contribution in [3.05, 3.63) is 28.0 Å². The Bertz CT molecular complexity index is 572. The Labute approximate surface area is 123 Å². The summed E-state index contributed by atoms with van der Waals surface area (Å²) in [6.45, 7) is 9.10. The molecule has 0 aliphatic rings. The molecule has 0 bridgehead atoms. The van der Waals surface area contributed by atoms with Crippen LogP contribution in [0.5, 0.6) is 0 Å². The lowest BCUT2D eigenvalue weighted by Gasteiger charge is -2.20. The van der Waals surface area contributed by atoms with E-state index in [1.165, 1.54) is 4.88 Å². The van der Waals surface area contributed by atoms with Crippen LogP contribution in [0.15, 0.2) is 11.7 Å². The number of hydrogen-bond donors (Lipinski definition) is 2. The molecule has 0 atom stereocenters. The fourth-order valence-electron chi connectivity index (χ4n) is 1.77. The monoisotopic (exact) mass is 291 g/mol. The van der Waals surface area contributed by atoms with Gasteiger partial charge < -0.3 is 10.6 Å². The largest absolute Gasteiger partial charge is 0.373 e. The lowest BCUT2D eigenvalue weighted by molar-refractivity contribution is 0.546. The van der Waals surface area contributed by atoms with Crippen LogP contribution in [0.1, 0.15) is 37.0 Å². The molecule has 0 spiro atoms. The van der Waals surface area contributed by atoms with Gasteiger partial charge in [-0.3, -0.25) is 4.98 Å². The summed E-state index contributed by atoms with van der Waals surface area (Å²) in [5.74, 6) is 2.58. The van der Waals surface area contributed by atoms with Crippen LogP contribution in [0.2, 0.25) is 0 Å². The molecule has 0 aliphatic carbocycles. The SMILES string of the molecule is CNc1nc(C(C)(C)C)nc(NCc2cncs2)c1C. The minimum Gasteiger partial charge on any atom is -0.373 e. The minimum atomic E-state index is -0.0831. The molecule has 0 amide bonds. The van der Waals surface area contributed by atoms with E-state index in [1.807, 2.05) is 25.7 Å². The summed E-state index contributed by atoms with van der Waals surface area (Å²) in [4.78, 5) is 14.5. The number of thiazole rings is 1. The molecule has 0 unspecified atom stereocenters. The molecule has 2 aromatic rings. The van der Waals surface area contributed by atoms with Crippen molar-refractivity contribution >= 4 is 23.0 Å². The fourth-order valence-corrected chi connectivity index (χ4v) is 2.30. The van der Waals surface area contributed by atoms with E-state index in [0.29, 0.717) is 0 Å². The van der Waals surface area contributed by atoms with Crippen LogP contribution in [0.4, 0.5) is 11.6 Å². The molecule has 108 valence electrons. The first kappa shape index (κ1) is 14.7. The molecule has 0 saturated carbocycles. The highest BCUT2D eigenvalue weighted by Crippen LogP contribution is 2.26. The maximum atomic E-state index is 4.67. The standard InChI is InChI=1S/C14H21N5S/c1-9-11(15-5)18-13(14(2,3)4)19-12(9)17-7-10-6-16-8-20-10/h6,8H,7H2,1-5H3,(H2,15,17,18,19). The van der Waals surface area contributed by atoms with Crippen molar-refractivity contribution < 1.29 is 0 Å². The molecule has 2 N–H and O–H groups in total. The zero-order valence-electron chi connectivity index (χ0n) is 12.6. The fraction of sp³-hybridized carbons (Fsp3) is 0.500. The van der Waals surface area contributed by atoms with Crippen LogP contribution in [-0.2, 0) is 12.0 Å². The summed E-state index contributed by atoms with van der Waals surface area (Å²) in [6, 6.07) is 0. The Kier molecular flexibility index (Phi) is 4.23. The molecular formula is C14H21N5S. The van der Waals surface area contributed by atoms with Crippen molar-refractivity contribution in [2.75, 3.05) is 17.7 Å². The highest BCUT2D eigenvalue weighted by Gasteiger charge is 2.20. The highest BCUT2D eigenvalue weighted by molar-refractivity contribution is 7.09. The highest BCUT2D eigenvalue weighted by atomic mass is 32.1. The first-order valence-electron chi connectivity index (χ1n) is 6.60. The van der Waals surface area contributed by atoms with E-state index < -0.39 is 0 Å². The minimum absolute atomic E-state index is 0.0831. The van der Waals surface area contributed by atoms with Gasteiger partial charge in [0.05, 0.1) is 12.1 Å². The molecule has 2 rings (SSSR count). The van der Waals surface area contributed by atoms with E-state index in [1.54, 1.807) is 11.3 Å². The topological polar surface area (TPSA) is 62.7 Å². The Morgan fingerprint density at radius 3 is 2.45 bits per heavy atom. The van der Waals surface area contributed by atoms with Gasteiger partial charge in [-0.1, -0.05) is 20.8 Å². The first-order chi connectivity index (χ1) is 9.41. The quantitative estimate of drug-likeness (QED) is 0.906. The zero-order chi connectivity index (χ0) is 14.8. The van der Waals surface area contributed by atoms with E-state index in [4.69, 9.17) is 0 Å². The van der Waals surface area contributed by atoms with Crippen LogP contribution >= 0.6 is 11.3 Å². The first-order valence-corrected chi connectivity index (χ1v) is 7.48. The lowest BCUT2D eigenvalue weighted by Crippen LogP contribution is -2.19. The molecule has 0 aromatic carbocycles. The summed E-state index contributed by atoms with van der Waals surface area (Å²) in [7, 11) is 1.88. The number of nitrogens with zero attached hydrogens (tertiary/aromatic N) is 3. The second-order valence-electron chi connectivity index (χ2n) is 5.69. The number of anilines is 2. The molecule has 0 fully saturated rings. The van der Waals surface area contributed by atoms with E-state index >= 15 is 0 Å². The summed E-state index contributed by atoms with van der Waals surface area (Å²) in [6.07, 6.45) is 1.87. The van der Waals surface area contributed by atoms with Crippen molar-refractivity contribution in [1.82, 2.24) is 15.0 Å². The van der Waals surface area contributed by atoms with E-state index in [0.717, 1.165) is 29.6 Å². The molecule has 5 nitrogen and oxygen atoms in total. The van der Waals surface area contributed by atoms with Crippen LogP contribution < -0.4 is 10.6 Å². The molecule has 0 radical (unpaired) electrons. The maximum absolute atomic E-state index is 4.67. The Balaban J connectivity index is 2.30. The van der Waals surface area contributed by atoms with Gasteiger partial charge in [0.2, 0.25) is 0 Å². The van der Waals surface area contributed by atoms with Gasteiger partial charge in [-0.25, -0.2) is 9.97 Å². The predicted molar refractivity (Wildman–Crippen MR) is 84.5 cm³/mol. The Morgan fingerprint density at radius 1 is 1.20 bits per heavy atom. The van der Waals surface area contributed by atoms with Gasteiger partial charge in [0, 0.05) is 29.1 Å². The van der Waals surface area contributed by atoms with Gasteiger partial charge in [0.25, 0.3) is 0 Å². The third-order valence-electron chi connectivity index (χ3n) is 2.97. The lowest BCUT2D eigenvalue weighted by atomic mass is 9.95. The summed E-state index contributed by atoms with van der Waals surface area (Å²) in [5.41, 5.74) is 2.79. The second kappa shape index (κ2) is 5.75. The van der Waals surface area contributed by atoms with Gasteiger partial charge >= 0.3 is 0 Å². The summed E-state index contributed by atoms with van der Waals surface area (Å²) >= 11 is 1.64. The molecule has 0 aliphatic heterocycles. The van der Waals surface area contributed by atoms with Crippen molar-refractivity contribution in [3.63, 3.8) is 0 Å². The number of nitrogens with one attached hydrogen (secondary N) is 2. The zero-order valence-corrected chi connectivity index (χ0v) is 13.4. The van der Waals surface area contributed by atoms with Gasteiger partial charge in [0.15, 0.2) is 0 Å². The van der Waals surface area contributed by atoms with Crippen LogP contribution in [-0.4, -0.2) is 22.0 Å². The second-order valence-corrected chi connectivity index (χ2v) is 6.66. The molecule has 6 heteroatoms. The Hall–Kier alpha value is -1.69. The van der Waals surface area contributed by atoms with E-state index in [2.05, 4.69) is 46.4 Å². The average molecular weight is 291 g/mol. The molecule has 20 heavy (non-hydrogen) atoms. The van der Waals surface area contributed by atoms with Gasteiger partial charge in [-0.15, -0.1) is 11.3 Å². The van der Waals surface area contributed by atoms with Crippen molar-refractivity contribution in [3.8, 4) is 0 Å². The maximum Gasteiger partial charge on any atom is 0.138 e. The third-order valence-corrected chi connectivity index (χ3v) is 3.75. The summed E-state index contributed by atoms with van der Waals surface area (Å²) < 4.78 is 0. The molecular weight excluding hydrogens is 270 g/mol. The van der Waals surface area contributed by atoms with Crippen LogP contribution in [0.25, 0.3) is 0 Å². The van der Waals surface area contributed by atoms with Gasteiger partial charge in [-0.05, 0) is 6.92 Å².